The van der Waals surface area contributed by atoms with Gasteiger partial charge in [-0.05, 0) is 48.6 Å². The van der Waals surface area contributed by atoms with Crippen LogP contribution in [0.2, 0.25) is 0 Å². The fourth-order valence-electron chi connectivity index (χ4n) is 2.83. The number of nitrogens with zero attached hydrogens (tertiary/aromatic N) is 1. The van der Waals surface area contributed by atoms with Gasteiger partial charge in [-0.3, -0.25) is 0 Å². The Labute approximate surface area is 110 Å². The zero-order valence-electron chi connectivity index (χ0n) is 10.7. The Balaban J connectivity index is 2.22. The molecule has 1 aliphatic rings. The van der Waals surface area contributed by atoms with Crippen molar-refractivity contribution in [3.8, 4) is 0 Å². The monoisotopic (exact) mass is 258 g/mol. The minimum atomic E-state index is -1.24. The number of benzene rings is 1. The molecule has 0 bridgehead atoms. The van der Waals surface area contributed by atoms with Crippen LogP contribution in [-0.4, -0.2) is 10.1 Å². The number of fused-ring (bicyclic) bond motifs is 1. The Morgan fingerprint density at radius 3 is 2.95 bits per heavy atom. The van der Waals surface area contributed by atoms with Gasteiger partial charge in [-0.1, -0.05) is 12.1 Å². The molecule has 2 aromatic rings. The van der Waals surface area contributed by atoms with E-state index in [0.29, 0.717) is 35.3 Å². The first-order valence-corrected chi connectivity index (χ1v) is 6.25. The zero-order valence-corrected chi connectivity index (χ0v) is 10.7. The lowest BCUT2D eigenvalue weighted by Crippen LogP contribution is -2.26. The van der Waals surface area contributed by atoms with Gasteiger partial charge >= 0.3 is 0 Å². The van der Waals surface area contributed by atoms with Gasteiger partial charge in [0, 0.05) is 11.8 Å². The van der Waals surface area contributed by atoms with Crippen LogP contribution in [0.15, 0.2) is 30.5 Å². The third-order valence-electron chi connectivity index (χ3n) is 3.80. The summed E-state index contributed by atoms with van der Waals surface area (Å²) in [7, 11) is 0. The molecule has 1 aromatic carbocycles. The maximum absolute atomic E-state index is 13.8. The van der Waals surface area contributed by atoms with Crippen molar-refractivity contribution in [3.63, 3.8) is 0 Å². The highest BCUT2D eigenvalue weighted by atomic mass is 19.1. The SMILES string of the molecule is Cc1cnc(N)c(C2(O)CCc3c(F)cccc32)c1. The van der Waals surface area contributed by atoms with Crippen LogP contribution in [0.3, 0.4) is 0 Å². The second-order valence-electron chi connectivity index (χ2n) is 5.07. The minimum absolute atomic E-state index is 0.271. The molecule has 3 nitrogen and oxygen atoms in total. The Kier molecular flexibility index (Phi) is 2.57. The van der Waals surface area contributed by atoms with E-state index in [1.54, 1.807) is 18.3 Å². The van der Waals surface area contributed by atoms with Crippen LogP contribution in [-0.2, 0) is 12.0 Å². The number of aromatic nitrogens is 1. The van der Waals surface area contributed by atoms with Gasteiger partial charge in [-0.2, -0.15) is 0 Å². The highest BCUT2D eigenvalue weighted by Gasteiger charge is 2.41. The van der Waals surface area contributed by atoms with Crippen molar-refractivity contribution in [1.82, 2.24) is 4.98 Å². The Hall–Kier alpha value is -1.94. The first kappa shape index (κ1) is 12.1. The summed E-state index contributed by atoms with van der Waals surface area (Å²) in [6.07, 6.45) is 2.59. The van der Waals surface area contributed by atoms with Gasteiger partial charge in [-0.15, -0.1) is 0 Å². The van der Waals surface area contributed by atoms with Crippen LogP contribution in [0.4, 0.5) is 10.2 Å². The van der Waals surface area contributed by atoms with E-state index in [2.05, 4.69) is 4.98 Å². The predicted octanol–water partition coefficient (Wildman–Crippen LogP) is 2.29. The molecule has 1 aliphatic carbocycles. The molecule has 0 aliphatic heterocycles. The van der Waals surface area contributed by atoms with Gasteiger partial charge in [0.15, 0.2) is 0 Å². The molecule has 0 amide bonds. The highest BCUT2D eigenvalue weighted by molar-refractivity contribution is 5.53. The third-order valence-corrected chi connectivity index (χ3v) is 3.80. The van der Waals surface area contributed by atoms with E-state index >= 15 is 0 Å². The molecule has 1 atom stereocenters. The van der Waals surface area contributed by atoms with Gasteiger partial charge in [0.1, 0.15) is 17.2 Å². The van der Waals surface area contributed by atoms with E-state index in [0.717, 1.165) is 5.56 Å². The Bertz CT molecular complexity index is 657. The smallest absolute Gasteiger partial charge is 0.129 e. The number of hydrogen-bond acceptors (Lipinski definition) is 3. The van der Waals surface area contributed by atoms with Crippen molar-refractivity contribution in [2.75, 3.05) is 5.73 Å². The maximum atomic E-state index is 13.8. The second kappa shape index (κ2) is 4.03. The number of pyridine rings is 1. The van der Waals surface area contributed by atoms with Crippen LogP contribution >= 0.6 is 0 Å². The quantitative estimate of drug-likeness (QED) is 0.825. The molecule has 0 fully saturated rings. The molecule has 3 N–H and O–H groups in total. The minimum Gasteiger partial charge on any atom is -0.383 e. The molecule has 1 unspecified atom stereocenters. The van der Waals surface area contributed by atoms with Gasteiger partial charge in [0.2, 0.25) is 0 Å². The molecule has 0 saturated heterocycles. The van der Waals surface area contributed by atoms with Gasteiger partial charge in [0.25, 0.3) is 0 Å². The molecule has 19 heavy (non-hydrogen) atoms. The number of nitrogens with two attached hydrogens (primary N) is 1. The Morgan fingerprint density at radius 1 is 1.37 bits per heavy atom. The number of anilines is 1. The van der Waals surface area contributed by atoms with Crippen LogP contribution < -0.4 is 5.73 Å². The second-order valence-corrected chi connectivity index (χ2v) is 5.07. The first-order valence-electron chi connectivity index (χ1n) is 6.25. The molecular formula is C15H15FN2O. The standard InChI is InChI=1S/C15H15FN2O/c1-9-7-12(14(17)18-8-9)15(19)6-5-10-11(15)3-2-4-13(10)16/h2-4,7-8,19H,5-6H2,1H3,(H2,17,18). The van der Waals surface area contributed by atoms with Crippen molar-refractivity contribution in [2.45, 2.75) is 25.4 Å². The summed E-state index contributed by atoms with van der Waals surface area (Å²) < 4.78 is 13.8. The normalized spacial score (nSPS) is 21.4. The predicted molar refractivity (Wildman–Crippen MR) is 71.1 cm³/mol. The lowest BCUT2D eigenvalue weighted by atomic mass is 9.87. The van der Waals surface area contributed by atoms with E-state index in [9.17, 15) is 9.50 Å². The molecule has 0 saturated carbocycles. The van der Waals surface area contributed by atoms with E-state index in [4.69, 9.17) is 5.73 Å². The molecule has 4 heteroatoms. The van der Waals surface area contributed by atoms with E-state index in [-0.39, 0.29) is 5.82 Å². The summed E-state index contributed by atoms with van der Waals surface area (Å²) in [6, 6.07) is 6.61. The van der Waals surface area contributed by atoms with E-state index in [1.807, 2.05) is 13.0 Å². The fourth-order valence-corrected chi connectivity index (χ4v) is 2.83. The number of aryl methyl sites for hydroxylation is 1. The summed E-state index contributed by atoms with van der Waals surface area (Å²) >= 11 is 0. The average molecular weight is 258 g/mol. The molecular weight excluding hydrogens is 243 g/mol. The van der Waals surface area contributed by atoms with Crippen molar-refractivity contribution < 1.29 is 9.50 Å². The number of aliphatic hydroxyl groups is 1. The van der Waals surface area contributed by atoms with Gasteiger partial charge < -0.3 is 10.8 Å². The molecule has 1 aromatic heterocycles. The van der Waals surface area contributed by atoms with Crippen LogP contribution in [0.25, 0.3) is 0 Å². The molecule has 1 heterocycles. The summed E-state index contributed by atoms with van der Waals surface area (Å²) in [4.78, 5) is 4.09. The summed E-state index contributed by atoms with van der Waals surface area (Å²) in [5.41, 5.74) is 7.31. The van der Waals surface area contributed by atoms with Gasteiger partial charge in [-0.25, -0.2) is 9.37 Å². The van der Waals surface area contributed by atoms with Crippen LogP contribution in [0.5, 0.6) is 0 Å². The summed E-state index contributed by atoms with van der Waals surface area (Å²) in [6.45, 7) is 1.89. The molecule has 0 spiro atoms. The zero-order chi connectivity index (χ0) is 13.6. The van der Waals surface area contributed by atoms with Crippen molar-refractivity contribution in [3.05, 3.63) is 58.5 Å². The topological polar surface area (TPSA) is 59.1 Å². The lowest BCUT2D eigenvalue weighted by molar-refractivity contribution is 0.0833. The summed E-state index contributed by atoms with van der Waals surface area (Å²) in [5, 5.41) is 11.0. The van der Waals surface area contributed by atoms with Crippen molar-refractivity contribution in [1.29, 1.82) is 0 Å². The number of nitrogen functional groups attached to an aromatic ring is 1. The number of hydrogen-bond donors (Lipinski definition) is 2. The first-order chi connectivity index (χ1) is 9.02. The summed E-state index contributed by atoms with van der Waals surface area (Å²) in [5.74, 6) is 0.0258. The number of halogens is 1. The largest absolute Gasteiger partial charge is 0.383 e. The molecule has 98 valence electrons. The number of rotatable bonds is 1. The maximum Gasteiger partial charge on any atom is 0.129 e. The van der Waals surface area contributed by atoms with Crippen LogP contribution in [0, 0.1) is 12.7 Å². The Morgan fingerprint density at radius 2 is 2.16 bits per heavy atom. The van der Waals surface area contributed by atoms with E-state index in [1.165, 1.54) is 6.07 Å². The van der Waals surface area contributed by atoms with Gasteiger partial charge in [0.05, 0.1) is 0 Å². The fraction of sp³-hybridized carbons (Fsp3) is 0.267. The van der Waals surface area contributed by atoms with Crippen molar-refractivity contribution >= 4 is 5.82 Å². The third kappa shape index (κ3) is 1.71. The van der Waals surface area contributed by atoms with Crippen molar-refractivity contribution in [2.24, 2.45) is 0 Å². The molecule has 0 radical (unpaired) electrons. The highest BCUT2D eigenvalue weighted by Crippen LogP contribution is 2.44. The molecule has 3 rings (SSSR count). The lowest BCUT2D eigenvalue weighted by Gasteiger charge is -2.26. The van der Waals surface area contributed by atoms with Crippen LogP contribution in [0.1, 0.15) is 28.7 Å². The average Bonchev–Trinajstić information content (AvgIpc) is 2.73. The van der Waals surface area contributed by atoms with E-state index < -0.39 is 5.60 Å².